The number of rotatable bonds is 6. The van der Waals surface area contributed by atoms with Gasteiger partial charge in [0, 0.05) is 24.2 Å². The third-order valence-corrected chi connectivity index (χ3v) is 6.64. The summed E-state index contributed by atoms with van der Waals surface area (Å²) < 4.78 is 3.14. The highest BCUT2D eigenvalue weighted by molar-refractivity contribution is 7.17. The van der Waals surface area contributed by atoms with Crippen LogP contribution in [-0.4, -0.2) is 22.1 Å². The summed E-state index contributed by atoms with van der Waals surface area (Å²) in [7, 11) is 1.68. The van der Waals surface area contributed by atoms with Gasteiger partial charge in [-0.25, -0.2) is 4.79 Å². The Morgan fingerprint density at radius 1 is 0.966 bits per heavy atom. The lowest BCUT2D eigenvalue weighted by Gasteiger charge is -2.19. The zero-order valence-corrected chi connectivity index (χ0v) is 17.4. The smallest absolute Gasteiger partial charge is 0.314 e. The zero-order valence-electron chi connectivity index (χ0n) is 15.8. The Labute approximate surface area is 174 Å². The van der Waals surface area contributed by atoms with Crippen LogP contribution in [0.5, 0.6) is 0 Å². The Morgan fingerprint density at radius 3 is 2.48 bits per heavy atom. The molecule has 4 rings (SSSR count). The van der Waals surface area contributed by atoms with Gasteiger partial charge in [-0.3, -0.25) is 18.7 Å². The van der Waals surface area contributed by atoms with Gasteiger partial charge in [-0.05, 0) is 41.4 Å². The number of benzene rings is 1. The van der Waals surface area contributed by atoms with Crippen LogP contribution in [-0.2, 0) is 24.3 Å². The van der Waals surface area contributed by atoms with Crippen LogP contribution in [0.4, 0.5) is 5.69 Å². The average molecular weight is 426 g/mol. The van der Waals surface area contributed by atoms with Crippen molar-refractivity contribution in [1.29, 1.82) is 0 Å². The minimum atomic E-state index is -0.452. The van der Waals surface area contributed by atoms with Gasteiger partial charge >= 0.3 is 5.69 Å². The number of carbonyl (C=O) groups excluding carboxylic acids is 1. The topological polar surface area (TPSA) is 64.3 Å². The number of nitrogens with zero attached hydrogens (tertiary/aromatic N) is 3. The minimum absolute atomic E-state index is 0.128. The van der Waals surface area contributed by atoms with Crippen molar-refractivity contribution >= 4 is 44.5 Å². The molecule has 8 heteroatoms. The van der Waals surface area contributed by atoms with Gasteiger partial charge in [0.1, 0.15) is 11.2 Å². The Kier molecular flexibility index (Phi) is 5.46. The molecule has 0 saturated heterocycles. The van der Waals surface area contributed by atoms with Crippen LogP contribution in [0.1, 0.15) is 4.88 Å². The molecule has 0 fully saturated rings. The highest BCUT2D eigenvalue weighted by Crippen LogP contribution is 2.17. The number of para-hydroxylation sites is 1. The Hall–Kier alpha value is -2.97. The van der Waals surface area contributed by atoms with Crippen LogP contribution >= 0.6 is 22.7 Å². The molecule has 0 unspecified atom stereocenters. The average Bonchev–Trinajstić information content (AvgIpc) is 3.43. The summed E-state index contributed by atoms with van der Waals surface area (Å²) in [5, 5.41) is 3.74. The SMILES string of the molecule is CN(C(=O)Cn1c(=O)n(CCc2cccs2)c(=O)c2sccc21)c1ccccc1. The number of amides is 1. The van der Waals surface area contributed by atoms with Gasteiger partial charge < -0.3 is 4.90 Å². The van der Waals surface area contributed by atoms with Crippen molar-refractivity contribution in [1.82, 2.24) is 9.13 Å². The van der Waals surface area contributed by atoms with Gasteiger partial charge in [0.25, 0.3) is 5.56 Å². The Morgan fingerprint density at radius 2 is 1.76 bits per heavy atom. The van der Waals surface area contributed by atoms with Gasteiger partial charge in [-0.2, -0.15) is 0 Å². The first-order valence-electron chi connectivity index (χ1n) is 9.11. The van der Waals surface area contributed by atoms with Crippen LogP contribution in [0, 0.1) is 0 Å². The fourth-order valence-electron chi connectivity index (χ4n) is 3.20. The van der Waals surface area contributed by atoms with Gasteiger partial charge in [-0.1, -0.05) is 24.3 Å². The van der Waals surface area contributed by atoms with Crippen LogP contribution in [0.2, 0.25) is 0 Å². The molecule has 1 aromatic carbocycles. The maximum absolute atomic E-state index is 13.1. The molecule has 0 radical (unpaired) electrons. The number of hydrogen-bond acceptors (Lipinski definition) is 5. The third kappa shape index (κ3) is 3.81. The number of aryl methyl sites for hydroxylation is 1. The normalized spacial score (nSPS) is 11.1. The molecule has 6 nitrogen and oxygen atoms in total. The molecule has 0 aliphatic rings. The second-order valence-electron chi connectivity index (χ2n) is 6.58. The largest absolute Gasteiger partial charge is 0.332 e. The van der Waals surface area contributed by atoms with Gasteiger partial charge in [0.2, 0.25) is 5.91 Å². The zero-order chi connectivity index (χ0) is 20.4. The van der Waals surface area contributed by atoms with Crippen LogP contribution < -0.4 is 16.1 Å². The van der Waals surface area contributed by atoms with E-state index < -0.39 is 5.69 Å². The molecule has 0 N–H and O–H groups in total. The maximum atomic E-state index is 13.1. The summed E-state index contributed by atoms with van der Waals surface area (Å²) >= 11 is 2.88. The van der Waals surface area contributed by atoms with E-state index in [0.717, 1.165) is 10.6 Å². The molecular formula is C21H19N3O3S2. The van der Waals surface area contributed by atoms with Crippen LogP contribution in [0.3, 0.4) is 0 Å². The van der Waals surface area contributed by atoms with Crippen LogP contribution in [0.15, 0.2) is 68.9 Å². The second kappa shape index (κ2) is 8.18. The summed E-state index contributed by atoms with van der Waals surface area (Å²) in [5.74, 6) is -0.228. The van der Waals surface area contributed by atoms with E-state index in [4.69, 9.17) is 0 Å². The number of anilines is 1. The number of hydrogen-bond donors (Lipinski definition) is 0. The highest BCUT2D eigenvalue weighted by Gasteiger charge is 2.18. The first kappa shape index (κ1) is 19.4. The quantitative estimate of drug-likeness (QED) is 0.477. The molecular weight excluding hydrogens is 406 g/mol. The lowest BCUT2D eigenvalue weighted by atomic mass is 10.3. The summed E-state index contributed by atoms with van der Waals surface area (Å²) in [6, 6.07) is 14.9. The molecule has 29 heavy (non-hydrogen) atoms. The van der Waals surface area contributed by atoms with E-state index in [2.05, 4.69) is 0 Å². The Balaban J connectivity index is 1.70. The van der Waals surface area contributed by atoms with E-state index in [-0.39, 0.29) is 24.6 Å². The molecule has 0 spiro atoms. The summed E-state index contributed by atoms with van der Waals surface area (Å²) in [4.78, 5) is 41.4. The van der Waals surface area contributed by atoms with E-state index in [1.165, 1.54) is 25.4 Å². The molecule has 4 aromatic rings. The lowest BCUT2D eigenvalue weighted by molar-refractivity contribution is -0.118. The van der Waals surface area contributed by atoms with Crippen molar-refractivity contribution in [3.63, 3.8) is 0 Å². The number of aromatic nitrogens is 2. The van der Waals surface area contributed by atoms with Crippen molar-refractivity contribution in [2.45, 2.75) is 19.5 Å². The summed E-state index contributed by atoms with van der Waals surface area (Å²) in [5.41, 5.74) is 0.509. The minimum Gasteiger partial charge on any atom is -0.314 e. The van der Waals surface area contributed by atoms with Gasteiger partial charge in [0.15, 0.2) is 0 Å². The van der Waals surface area contributed by atoms with Crippen molar-refractivity contribution in [3.8, 4) is 0 Å². The third-order valence-electron chi connectivity index (χ3n) is 4.81. The number of thiophene rings is 2. The monoisotopic (exact) mass is 425 g/mol. The fourth-order valence-corrected chi connectivity index (χ4v) is 4.74. The molecule has 1 amide bonds. The van der Waals surface area contributed by atoms with E-state index >= 15 is 0 Å². The number of carbonyl (C=O) groups is 1. The predicted molar refractivity (Wildman–Crippen MR) is 118 cm³/mol. The van der Waals surface area contributed by atoms with Crippen molar-refractivity contribution in [2.24, 2.45) is 0 Å². The van der Waals surface area contributed by atoms with Gasteiger partial charge in [0.05, 0.1) is 5.52 Å². The summed E-state index contributed by atoms with van der Waals surface area (Å²) in [6.07, 6.45) is 0.599. The van der Waals surface area contributed by atoms with E-state index in [1.807, 2.05) is 47.8 Å². The summed E-state index contributed by atoms with van der Waals surface area (Å²) in [6.45, 7) is 0.158. The predicted octanol–water partition coefficient (Wildman–Crippen LogP) is 3.19. The van der Waals surface area contributed by atoms with E-state index in [9.17, 15) is 14.4 Å². The van der Waals surface area contributed by atoms with Gasteiger partial charge in [-0.15, -0.1) is 22.7 Å². The molecule has 0 bridgehead atoms. The van der Waals surface area contributed by atoms with E-state index in [1.54, 1.807) is 29.8 Å². The molecule has 0 saturated carbocycles. The van der Waals surface area contributed by atoms with Crippen molar-refractivity contribution in [3.05, 3.63) is 85.0 Å². The lowest BCUT2D eigenvalue weighted by Crippen LogP contribution is -2.42. The highest BCUT2D eigenvalue weighted by atomic mass is 32.1. The second-order valence-corrected chi connectivity index (χ2v) is 8.53. The standard InChI is InChI=1S/C21H19N3O3S2/c1-22(15-6-3-2-4-7-15)18(25)14-24-17-10-13-29-19(17)20(26)23(21(24)27)11-9-16-8-5-12-28-16/h2-8,10,12-13H,9,11,14H2,1H3. The molecule has 0 atom stereocenters. The number of fused-ring (bicyclic) bond motifs is 1. The first-order valence-corrected chi connectivity index (χ1v) is 10.9. The Bertz CT molecular complexity index is 1250. The first-order chi connectivity index (χ1) is 14.1. The van der Waals surface area contributed by atoms with E-state index in [0.29, 0.717) is 16.6 Å². The fraction of sp³-hybridized carbons (Fsp3) is 0.190. The van der Waals surface area contributed by atoms with Crippen molar-refractivity contribution in [2.75, 3.05) is 11.9 Å². The molecule has 148 valence electrons. The van der Waals surface area contributed by atoms with Crippen molar-refractivity contribution < 1.29 is 4.79 Å². The molecule has 0 aliphatic carbocycles. The molecule has 3 heterocycles. The number of likely N-dealkylation sites (N-methyl/N-ethyl adjacent to an activating group) is 1. The molecule has 3 aromatic heterocycles. The van der Waals surface area contributed by atoms with Crippen LogP contribution in [0.25, 0.3) is 10.2 Å². The maximum Gasteiger partial charge on any atom is 0.332 e. The molecule has 0 aliphatic heterocycles.